The Morgan fingerprint density at radius 3 is 2.42 bits per heavy atom. The standard InChI is InChI=1S/C25H29N3O3/c1-4-16-8-6-9-17(5-2)22(16)26-21(29)15-28-23(30)25(3,27-24(28)31)20-13-12-18-10-7-11-19(18)14-20/h6,8-9,12-14H,4-5,7,10-11,15H2,1-3H3,(H,26,29)(H,27,31)/t25-/m1/s1. The molecular weight excluding hydrogens is 390 g/mol. The number of nitrogens with one attached hydrogen (secondary N) is 2. The molecule has 162 valence electrons. The second kappa shape index (κ2) is 8.17. The minimum absolute atomic E-state index is 0.313. The molecule has 2 aromatic carbocycles. The van der Waals surface area contributed by atoms with Crippen LogP contribution in [-0.4, -0.2) is 29.3 Å². The average Bonchev–Trinajstić information content (AvgIpc) is 3.32. The number of fused-ring (bicyclic) bond motifs is 1. The lowest BCUT2D eigenvalue weighted by Crippen LogP contribution is -2.42. The van der Waals surface area contributed by atoms with Crippen molar-refractivity contribution in [3.8, 4) is 0 Å². The first-order valence-corrected chi connectivity index (χ1v) is 11.0. The third-order valence-corrected chi connectivity index (χ3v) is 6.52. The lowest BCUT2D eigenvalue weighted by atomic mass is 9.89. The largest absolute Gasteiger partial charge is 0.325 e. The second-order valence-electron chi connectivity index (χ2n) is 8.49. The van der Waals surface area contributed by atoms with E-state index in [0.717, 1.165) is 59.4 Å². The van der Waals surface area contributed by atoms with E-state index in [1.54, 1.807) is 6.92 Å². The van der Waals surface area contributed by atoms with Crippen LogP contribution >= 0.6 is 0 Å². The second-order valence-corrected chi connectivity index (χ2v) is 8.49. The van der Waals surface area contributed by atoms with E-state index < -0.39 is 17.5 Å². The fraction of sp³-hybridized carbons (Fsp3) is 0.400. The Morgan fingerprint density at radius 2 is 1.74 bits per heavy atom. The molecule has 2 N–H and O–H groups in total. The predicted molar refractivity (Wildman–Crippen MR) is 120 cm³/mol. The number of para-hydroxylation sites is 1. The molecule has 0 spiro atoms. The van der Waals surface area contributed by atoms with Crippen molar-refractivity contribution in [3.05, 3.63) is 64.2 Å². The van der Waals surface area contributed by atoms with Crippen LogP contribution in [0.3, 0.4) is 0 Å². The topological polar surface area (TPSA) is 78.5 Å². The van der Waals surface area contributed by atoms with Gasteiger partial charge >= 0.3 is 6.03 Å². The zero-order chi connectivity index (χ0) is 22.2. The van der Waals surface area contributed by atoms with Gasteiger partial charge in [0.25, 0.3) is 5.91 Å². The van der Waals surface area contributed by atoms with E-state index in [0.29, 0.717) is 0 Å². The van der Waals surface area contributed by atoms with E-state index in [1.807, 2.05) is 50.2 Å². The van der Waals surface area contributed by atoms with E-state index in [-0.39, 0.29) is 12.5 Å². The molecule has 2 aromatic rings. The summed E-state index contributed by atoms with van der Waals surface area (Å²) in [6.07, 6.45) is 4.72. The van der Waals surface area contributed by atoms with Gasteiger partial charge in [-0.3, -0.25) is 14.5 Å². The predicted octanol–water partition coefficient (Wildman–Crippen LogP) is 3.71. The minimum atomic E-state index is -1.16. The number of hydrogen-bond donors (Lipinski definition) is 2. The molecule has 0 aromatic heterocycles. The van der Waals surface area contributed by atoms with Gasteiger partial charge in [-0.2, -0.15) is 0 Å². The number of carbonyl (C=O) groups is 3. The Labute approximate surface area is 183 Å². The smallest absolute Gasteiger partial charge is 0.324 e. The molecule has 1 heterocycles. The molecule has 1 saturated heterocycles. The number of urea groups is 1. The maximum Gasteiger partial charge on any atom is 0.325 e. The van der Waals surface area contributed by atoms with Crippen LogP contribution in [0, 0.1) is 0 Å². The van der Waals surface area contributed by atoms with Crippen LogP contribution in [0.1, 0.15) is 55.0 Å². The van der Waals surface area contributed by atoms with Crippen molar-refractivity contribution in [3.63, 3.8) is 0 Å². The van der Waals surface area contributed by atoms with Crippen LogP contribution in [0.2, 0.25) is 0 Å². The molecule has 1 aliphatic carbocycles. The quantitative estimate of drug-likeness (QED) is 0.701. The van der Waals surface area contributed by atoms with E-state index >= 15 is 0 Å². The van der Waals surface area contributed by atoms with Gasteiger partial charge in [0.2, 0.25) is 5.91 Å². The van der Waals surface area contributed by atoms with E-state index in [4.69, 9.17) is 0 Å². The van der Waals surface area contributed by atoms with Crippen LogP contribution in [0.5, 0.6) is 0 Å². The van der Waals surface area contributed by atoms with Crippen LogP contribution in [-0.2, 0) is 40.8 Å². The number of rotatable bonds is 6. The molecule has 31 heavy (non-hydrogen) atoms. The van der Waals surface area contributed by atoms with Crippen molar-refractivity contribution in [2.75, 3.05) is 11.9 Å². The van der Waals surface area contributed by atoms with Crippen LogP contribution in [0.25, 0.3) is 0 Å². The lowest BCUT2D eigenvalue weighted by Gasteiger charge is -2.23. The van der Waals surface area contributed by atoms with Crippen molar-refractivity contribution in [1.29, 1.82) is 0 Å². The summed E-state index contributed by atoms with van der Waals surface area (Å²) in [5.74, 6) is -0.776. The molecule has 2 aliphatic rings. The van der Waals surface area contributed by atoms with Gasteiger partial charge in [-0.05, 0) is 66.8 Å². The molecule has 0 saturated carbocycles. The van der Waals surface area contributed by atoms with E-state index in [1.165, 1.54) is 11.1 Å². The molecular formula is C25H29N3O3. The van der Waals surface area contributed by atoms with E-state index in [9.17, 15) is 14.4 Å². The monoisotopic (exact) mass is 419 g/mol. The van der Waals surface area contributed by atoms with Crippen molar-refractivity contribution in [2.24, 2.45) is 0 Å². The third-order valence-electron chi connectivity index (χ3n) is 6.52. The zero-order valence-corrected chi connectivity index (χ0v) is 18.4. The number of carbonyl (C=O) groups excluding carboxylic acids is 3. The maximum absolute atomic E-state index is 13.2. The number of imide groups is 1. The highest BCUT2D eigenvalue weighted by Gasteiger charge is 2.49. The van der Waals surface area contributed by atoms with Crippen LogP contribution in [0.4, 0.5) is 10.5 Å². The van der Waals surface area contributed by atoms with Crippen molar-refractivity contribution in [2.45, 2.75) is 58.4 Å². The number of anilines is 1. The lowest BCUT2D eigenvalue weighted by molar-refractivity contribution is -0.133. The average molecular weight is 420 g/mol. The Balaban J connectivity index is 1.53. The number of benzene rings is 2. The number of hydrogen-bond acceptors (Lipinski definition) is 3. The molecule has 6 nitrogen and oxygen atoms in total. The van der Waals surface area contributed by atoms with Crippen molar-refractivity contribution in [1.82, 2.24) is 10.2 Å². The fourth-order valence-corrected chi connectivity index (χ4v) is 4.64. The minimum Gasteiger partial charge on any atom is -0.324 e. The summed E-state index contributed by atoms with van der Waals surface area (Å²) in [4.78, 5) is 39.7. The number of amides is 4. The van der Waals surface area contributed by atoms with Crippen molar-refractivity contribution >= 4 is 23.5 Å². The Bertz CT molecular complexity index is 1040. The van der Waals surface area contributed by atoms with Gasteiger partial charge in [0.05, 0.1) is 0 Å². The molecule has 1 aliphatic heterocycles. The first-order chi connectivity index (χ1) is 14.9. The molecule has 0 bridgehead atoms. The Hall–Kier alpha value is -3.15. The number of nitrogens with zero attached hydrogens (tertiary/aromatic N) is 1. The zero-order valence-electron chi connectivity index (χ0n) is 18.4. The summed E-state index contributed by atoms with van der Waals surface area (Å²) in [5, 5.41) is 5.75. The highest BCUT2D eigenvalue weighted by molar-refractivity contribution is 6.10. The molecule has 4 amide bonds. The van der Waals surface area contributed by atoms with Crippen molar-refractivity contribution < 1.29 is 14.4 Å². The number of aryl methyl sites for hydroxylation is 4. The van der Waals surface area contributed by atoms with Crippen LogP contribution < -0.4 is 10.6 Å². The summed E-state index contributed by atoms with van der Waals surface area (Å²) in [6.45, 7) is 5.46. The Morgan fingerprint density at radius 1 is 1.06 bits per heavy atom. The Kier molecular flexibility index (Phi) is 5.56. The van der Waals surface area contributed by atoms with Gasteiger partial charge in [-0.15, -0.1) is 0 Å². The normalized spacial score (nSPS) is 20.0. The molecule has 1 fully saturated rings. The third kappa shape index (κ3) is 3.71. The van der Waals surface area contributed by atoms with Gasteiger partial charge in [-0.25, -0.2) is 4.79 Å². The fourth-order valence-electron chi connectivity index (χ4n) is 4.64. The van der Waals surface area contributed by atoms with E-state index in [2.05, 4.69) is 10.6 Å². The summed E-state index contributed by atoms with van der Waals surface area (Å²) in [7, 11) is 0. The molecule has 1 atom stereocenters. The first-order valence-electron chi connectivity index (χ1n) is 11.0. The van der Waals surface area contributed by atoms with Crippen LogP contribution in [0.15, 0.2) is 36.4 Å². The van der Waals surface area contributed by atoms with Gasteiger partial charge < -0.3 is 10.6 Å². The van der Waals surface area contributed by atoms with Gasteiger partial charge in [0.1, 0.15) is 12.1 Å². The molecule has 0 unspecified atom stereocenters. The highest BCUT2D eigenvalue weighted by atomic mass is 16.2. The summed E-state index contributed by atoms with van der Waals surface area (Å²) in [6, 6.07) is 11.4. The molecule has 0 radical (unpaired) electrons. The molecule has 4 rings (SSSR count). The highest BCUT2D eigenvalue weighted by Crippen LogP contribution is 2.32. The summed E-state index contributed by atoms with van der Waals surface area (Å²) >= 11 is 0. The van der Waals surface area contributed by atoms with Gasteiger partial charge in [0.15, 0.2) is 0 Å². The SMILES string of the molecule is CCc1cccc(CC)c1NC(=O)CN1C(=O)N[C@](C)(c2ccc3c(c2)CCC3)C1=O. The van der Waals surface area contributed by atoms with Gasteiger partial charge in [0, 0.05) is 5.69 Å². The summed E-state index contributed by atoms with van der Waals surface area (Å²) < 4.78 is 0. The maximum atomic E-state index is 13.2. The van der Waals surface area contributed by atoms with Gasteiger partial charge in [-0.1, -0.05) is 50.2 Å². The first kappa shape index (κ1) is 21.1. The molecule has 6 heteroatoms. The summed E-state index contributed by atoms with van der Waals surface area (Å²) in [5.41, 5.74) is 5.00.